The predicted molar refractivity (Wildman–Crippen MR) is 103 cm³/mol. The van der Waals surface area contributed by atoms with Gasteiger partial charge in [-0.15, -0.1) is 0 Å². The van der Waals surface area contributed by atoms with Crippen LogP contribution in [0.1, 0.15) is 5.56 Å². The van der Waals surface area contributed by atoms with Crippen LogP contribution in [0.5, 0.6) is 5.75 Å². The third kappa shape index (κ3) is 5.21. The smallest absolute Gasteiger partial charge is 0.279 e. The van der Waals surface area contributed by atoms with E-state index in [0.29, 0.717) is 17.3 Å². The second-order valence-corrected chi connectivity index (χ2v) is 7.14. The monoisotopic (exact) mass is 375 g/mol. The minimum Gasteiger partial charge on any atom is -0.497 e. The Kier molecular flexibility index (Phi) is 6.50. The molecule has 0 aromatic heterocycles. The maximum Gasteiger partial charge on any atom is 0.279 e. The Labute approximate surface area is 159 Å². The van der Waals surface area contributed by atoms with Crippen LogP contribution in [0.4, 0.5) is 5.69 Å². The Morgan fingerprint density at radius 1 is 1.08 bits per heavy atom. The molecular weight excluding hydrogens is 350 g/mol. The van der Waals surface area contributed by atoms with E-state index in [-0.39, 0.29) is 5.91 Å². The number of rotatable bonds is 6. The van der Waals surface area contributed by atoms with E-state index in [0.717, 1.165) is 38.5 Å². The zero-order valence-electron chi connectivity index (χ0n) is 15.1. The lowest BCUT2D eigenvalue weighted by Gasteiger charge is -2.29. The van der Waals surface area contributed by atoms with Crippen LogP contribution in [-0.4, -0.2) is 45.7 Å². The Morgan fingerprint density at radius 2 is 1.81 bits per heavy atom. The van der Waals surface area contributed by atoms with Gasteiger partial charge in [0.05, 0.1) is 17.8 Å². The standard InChI is InChI=1S/C20H24ClN3O2/c1-26-17-6-4-5-16(13-17)14-23-9-11-24(12-10-23)15-20(25)22-19-8-3-2-7-18(19)21/h2-8,13H,9-12,14-15H2,1H3,(H,22,25)/p+2. The normalized spacial score (nSPS) is 19.8. The zero-order valence-corrected chi connectivity index (χ0v) is 15.8. The number of methoxy groups -OCH3 is 1. The summed E-state index contributed by atoms with van der Waals surface area (Å²) in [5.74, 6) is 0.923. The molecule has 0 atom stereocenters. The molecule has 1 aliphatic rings. The molecule has 1 saturated heterocycles. The molecule has 0 saturated carbocycles. The number of benzene rings is 2. The Balaban J connectivity index is 1.44. The summed E-state index contributed by atoms with van der Waals surface area (Å²) in [6.07, 6.45) is 0. The molecule has 3 N–H and O–H groups in total. The summed E-state index contributed by atoms with van der Waals surface area (Å²) < 4.78 is 5.29. The first-order chi connectivity index (χ1) is 12.6. The van der Waals surface area contributed by atoms with Crippen LogP contribution < -0.4 is 19.9 Å². The molecule has 26 heavy (non-hydrogen) atoms. The number of nitrogens with one attached hydrogen (secondary N) is 3. The number of carbonyl (C=O) groups excluding carboxylic acids is 1. The lowest BCUT2D eigenvalue weighted by atomic mass is 10.2. The van der Waals surface area contributed by atoms with Crippen LogP contribution in [0.15, 0.2) is 48.5 Å². The summed E-state index contributed by atoms with van der Waals surface area (Å²) in [4.78, 5) is 15.1. The number of carbonyl (C=O) groups is 1. The van der Waals surface area contributed by atoms with Gasteiger partial charge < -0.3 is 19.9 Å². The molecule has 138 valence electrons. The van der Waals surface area contributed by atoms with Gasteiger partial charge in [-0.1, -0.05) is 35.9 Å². The molecule has 1 aliphatic heterocycles. The van der Waals surface area contributed by atoms with Gasteiger partial charge in [0, 0.05) is 5.56 Å². The Bertz CT molecular complexity index is 745. The van der Waals surface area contributed by atoms with Crippen LogP contribution >= 0.6 is 11.6 Å². The van der Waals surface area contributed by atoms with E-state index in [4.69, 9.17) is 16.3 Å². The maximum atomic E-state index is 12.3. The average Bonchev–Trinajstić information content (AvgIpc) is 2.65. The molecule has 6 heteroatoms. The molecule has 0 spiro atoms. The molecule has 1 heterocycles. The largest absolute Gasteiger partial charge is 0.497 e. The Hall–Kier alpha value is -2.08. The van der Waals surface area contributed by atoms with Crippen molar-refractivity contribution in [1.29, 1.82) is 0 Å². The van der Waals surface area contributed by atoms with Crippen molar-refractivity contribution in [2.24, 2.45) is 0 Å². The first-order valence-electron chi connectivity index (χ1n) is 8.98. The summed E-state index contributed by atoms with van der Waals surface area (Å²) in [7, 11) is 1.70. The number of para-hydroxylation sites is 1. The lowest BCUT2D eigenvalue weighted by molar-refractivity contribution is -1.02. The number of ether oxygens (including phenoxy) is 1. The summed E-state index contributed by atoms with van der Waals surface area (Å²) in [6, 6.07) is 15.6. The number of hydrogen-bond acceptors (Lipinski definition) is 2. The lowest BCUT2D eigenvalue weighted by Crippen LogP contribution is -3.28. The van der Waals surface area contributed by atoms with E-state index in [1.807, 2.05) is 30.3 Å². The third-order valence-electron chi connectivity index (χ3n) is 4.81. The molecule has 0 unspecified atom stereocenters. The van der Waals surface area contributed by atoms with E-state index < -0.39 is 0 Å². The maximum absolute atomic E-state index is 12.3. The highest BCUT2D eigenvalue weighted by atomic mass is 35.5. The van der Waals surface area contributed by atoms with Crippen molar-refractivity contribution >= 4 is 23.2 Å². The van der Waals surface area contributed by atoms with Crippen molar-refractivity contribution in [2.75, 3.05) is 45.2 Å². The highest BCUT2D eigenvalue weighted by molar-refractivity contribution is 6.33. The molecule has 1 fully saturated rings. The molecule has 0 aliphatic carbocycles. The molecule has 1 amide bonds. The fourth-order valence-electron chi connectivity index (χ4n) is 3.37. The number of anilines is 1. The minimum absolute atomic E-state index is 0.0179. The molecule has 0 bridgehead atoms. The summed E-state index contributed by atoms with van der Waals surface area (Å²) in [5, 5.41) is 3.48. The van der Waals surface area contributed by atoms with Crippen LogP contribution in [0.2, 0.25) is 5.02 Å². The zero-order chi connectivity index (χ0) is 18.4. The molecule has 0 radical (unpaired) electrons. The average molecular weight is 376 g/mol. The molecular formula is C20H26ClN3O2+2. The van der Waals surface area contributed by atoms with Crippen molar-refractivity contribution in [3.8, 4) is 5.75 Å². The molecule has 2 aromatic carbocycles. The van der Waals surface area contributed by atoms with Gasteiger partial charge in [-0.3, -0.25) is 4.79 Å². The van der Waals surface area contributed by atoms with Gasteiger partial charge in [0.15, 0.2) is 6.54 Å². The molecule has 2 aromatic rings. The number of amides is 1. The van der Waals surface area contributed by atoms with Crippen molar-refractivity contribution in [2.45, 2.75) is 6.54 Å². The second kappa shape index (κ2) is 9.03. The van der Waals surface area contributed by atoms with Gasteiger partial charge in [0.25, 0.3) is 5.91 Å². The van der Waals surface area contributed by atoms with Crippen molar-refractivity contribution < 1.29 is 19.3 Å². The van der Waals surface area contributed by atoms with Crippen molar-refractivity contribution in [3.05, 3.63) is 59.1 Å². The topological polar surface area (TPSA) is 47.2 Å². The third-order valence-corrected chi connectivity index (χ3v) is 5.14. The summed E-state index contributed by atoms with van der Waals surface area (Å²) in [5.41, 5.74) is 1.97. The highest BCUT2D eigenvalue weighted by Gasteiger charge is 2.25. The van der Waals surface area contributed by atoms with Crippen LogP contribution in [0.3, 0.4) is 0 Å². The first kappa shape index (κ1) is 18.7. The number of piperazine rings is 1. The number of hydrogen-bond donors (Lipinski definition) is 3. The fourth-order valence-corrected chi connectivity index (χ4v) is 3.55. The van der Waals surface area contributed by atoms with Crippen LogP contribution in [0, 0.1) is 0 Å². The first-order valence-corrected chi connectivity index (χ1v) is 9.36. The fraction of sp³-hybridized carbons (Fsp3) is 0.350. The molecule has 3 rings (SSSR count). The molecule has 5 nitrogen and oxygen atoms in total. The minimum atomic E-state index is 0.0179. The van der Waals surface area contributed by atoms with E-state index in [2.05, 4.69) is 17.4 Å². The predicted octanol–water partition coefficient (Wildman–Crippen LogP) is 0.271. The van der Waals surface area contributed by atoms with Gasteiger partial charge in [0.2, 0.25) is 0 Å². The summed E-state index contributed by atoms with van der Waals surface area (Å²) >= 11 is 6.10. The van der Waals surface area contributed by atoms with E-state index in [1.54, 1.807) is 18.1 Å². The van der Waals surface area contributed by atoms with Gasteiger partial charge in [0.1, 0.15) is 38.5 Å². The second-order valence-electron chi connectivity index (χ2n) is 6.73. The van der Waals surface area contributed by atoms with Crippen LogP contribution in [0.25, 0.3) is 0 Å². The quantitative estimate of drug-likeness (QED) is 0.679. The van der Waals surface area contributed by atoms with Crippen molar-refractivity contribution in [3.63, 3.8) is 0 Å². The highest BCUT2D eigenvalue weighted by Crippen LogP contribution is 2.19. The van der Waals surface area contributed by atoms with Crippen molar-refractivity contribution in [1.82, 2.24) is 0 Å². The van der Waals surface area contributed by atoms with E-state index in [9.17, 15) is 4.79 Å². The van der Waals surface area contributed by atoms with E-state index >= 15 is 0 Å². The number of halogens is 1. The van der Waals surface area contributed by atoms with Crippen LogP contribution in [-0.2, 0) is 11.3 Å². The van der Waals surface area contributed by atoms with Gasteiger partial charge >= 0.3 is 0 Å². The van der Waals surface area contributed by atoms with Gasteiger partial charge in [-0.25, -0.2) is 0 Å². The summed E-state index contributed by atoms with van der Waals surface area (Å²) in [6.45, 7) is 5.59. The van der Waals surface area contributed by atoms with Gasteiger partial charge in [-0.2, -0.15) is 0 Å². The Morgan fingerprint density at radius 3 is 2.54 bits per heavy atom. The number of quaternary nitrogens is 2. The van der Waals surface area contributed by atoms with Gasteiger partial charge in [-0.05, 0) is 24.3 Å². The SMILES string of the molecule is COc1cccc(C[NH+]2CC[NH+](CC(=O)Nc3ccccc3Cl)CC2)c1. The van der Waals surface area contributed by atoms with E-state index in [1.165, 1.54) is 10.5 Å².